The van der Waals surface area contributed by atoms with Crippen molar-refractivity contribution < 1.29 is 28.3 Å². The topological polar surface area (TPSA) is 151 Å². The van der Waals surface area contributed by atoms with Crippen LogP contribution in [0.3, 0.4) is 0 Å². The molecule has 12 nitrogen and oxygen atoms in total. The Hall–Kier alpha value is -5.39. The number of fused-ring (bicyclic) bond motifs is 1. The van der Waals surface area contributed by atoms with Gasteiger partial charge in [-0.15, -0.1) is 0 Å². The molecule has 1 aliphatic heterocycles. The van der Waals surface area contributed by atoms with Crippen molar-refractivity contribution in [2.45, 2.75) is 26.8 Å². The molecule has 0 aliphatic carbocycles. The fraction of sp³-hybridized carbons (Fsp3) is 0.233. The largest absolute Gasteiger partial charge is 0.497 e. The standard InChI is InChI=1S/C30H28N4O8/c1-6-41-29(36)26-17(3)31-30-33(27(26)21-15-19(39-4)9-12-24(21)40-5)28(35)25(42-30)14-18-8-11-22(32-18)20-10-7-16(2)13-23(20)34(37)38/h7-15,27,32H,6H2,1-5H3. The Morgan fingerprint density at radius 1 is 1.14 bits per heavy atom. The average molecular weight is 573 g/mol. The summed E-state index contributed by atoms with van der Waals surface area (Å²) in [6.07, 6.45) is 1.48. The number of benzene rings is 2. The van der Waals surface area contributed by atoms with Gasteiger partial charge in [-0.25, -0.2) is 14.4 Å². The zero-order valence-corrected chi connectivity index (χ0v) is 23.6. The van der Waals surface area contributed by atoms with Gasteiger partial charge in [0.15, 0.2) is 5.42 Å². The minimum absolute atomic E-state index is 0.0207. The summed E-state index contributed by atoms with van der Waals surface area (Å²) in [6, 6.07) is 12.4. The van der Waals surface area contributed by atoms with Crippen LogP contribution in [0.15, 0.2) is 74.0 Å². The molecule has 216 valence electrons. The van der Waals surface area contributed by atoms with E-state index < -0.39 is 22.5 Å². The van der Waals surface area contributed by atoms with E-state index in [1.54, 1.807) is 63.2 Å². The number of aromatic amines is 1. The first kappa shape index (κ1) is 28.1. The number of allylic oxidation sites excluding steroid dienone is 1. The van der Waals surface area contributed by atoms with E-state index in [9.17, 15) is 19.7 Å². The van der Waals surface area contributed by atoms with Crippen molar-refractivity contribution in [2.24, 2.45) is 4.99 Å². The number of aromatic nitrogens is 2. The second-order valence-electron chi connectivity index (χ2n) is 9.52. The summed E-state index contributed by atoms with van der Waals surface area (Å²) in [5.74, 6) is 0.269. The summed E-state index contributed by atoms with van der Waals surface area (Å²) in [5, 5.41) is 11.6. The van der Waals surface area contributed by atoms with Crippen molar-refractivity contribution >= 4 is 17.7 Å². The number of nitro benzene ring substituents is 1. The van der Waals surface area contributed by atoms with Crippen molar-refractivity contribution in [3.63, 3.8) is 0 Å². The smallest absolute Gasteiger partial charge is 0.338 e. The van der Waals surface area contributed by atoms with Crippen LogP contribution in [0.25, 0.3) is 17.3 Å². The predicted octanol–water partition coefficient (Wildman–Crippen LogP) is 3.56. The van der Waals surface area contributed by atoms with Gasteiger partial charge in [-0.1, -0.05) is 6.07 Å². The van der Waals surface area contributed by atoms with E-state index in [0.29, 0.717) is 39.7 Å². The first-order valence-electron chi connectivity index (χ1n) is 13.0. The number of esters is 1. The number of carbonyl (C=O) groups excluding carboxylic acids is 1. The van der Waals surface area contributed by atoms with Gasteiger partial charge < -0.3 is 23.6 Å². The molecule has 12 heteroatoms. The van der Waals surface area contributed by atoms with Crippen LogP contribution in [0, 0.1) is 17.0 Å². The number of nitrogens with zero attached hydrogens (tertiary/aromatic N) is 3. The average Bonchev–Trinajstić information content (AvgIpc) is 3.55. The van der Waals surface area contributed by atoms with E-state index in [4.69, 9.17) is 18.6 Å². The Bertz CT molecular complexity index is 1930. The Morgan fingerprint density at radius 2 is 1.93 bits per heavy atom. The van der Waals surface area contributed by atoms with Crippen LogP contribution in [0.5, 0.6) is 11.5 Å². The molecule has 1 atom stereocenters. The number of methoxy groups -OCH3 is 2. The SMILES string of the molecule is CCOC(=O)C1=C(C)N=c2oc(=Cc3ccc(-c4ccc(C)cc4[N+](=O)[O-])[nH]3)c(=O)n2C1c1cc(OC)ccc1OC. The van der Waals surface area contributed by atoms with Gasteiger partial charge in [-0.3, -0.25) is 14.9 Å². The molecule has 2 aromatic heterocycles. The number of nitro groups is 1. The molecule has 0 spiro atoms. The fourth-order valence-corrected chi connectivity index (χ4v) is 4.95. The summed E-state index contributed by atoms with van der Waals surface area (Å²) >= 11 is 0. The van der Waals surface area contributed by atoms with Gasteiger partial charge in [-0.2, -0.15) is 0 Å². The molecule has 1 aliphatic rings. The van der Waals surface area contributed by atoms with Gasteiger partial charge in [0.1, 0.15) is 17.5 Å². The highest BCUT2D eigenvalue weighted by molar-refractivity contribution is 5.91. The first-order valence-corrected chi connectivity index (χ1v) is 13.0. The highest BCUT2D eigenvalue weighted by Gasteiger charge is 2.36. The third kappa shape index (κ3) is 4.98. The molecule has 1 N–H and O–H groups in total. The molecule has 0 saturated heterocycles. The molecule has 0 fully saturated rings. The van der Waals surface area contributed by atoms with Crippen molar-refractivity contribution in [3.05, 3.63) is 108 Å². The van der Waals surface area contributed by atoms with Crippen molar-refractivity contribution in [2.75, 3.05) is 20.8 Å². The van der Waals surface area contributed by atoms with Crippen LogP contribution >= 0.6 is 0 Å². The van der Waals surface area contributed by atoms with Crippen molar-refractivity contribution in [3.8, 4) is 22.8 Å². The van der Waals surface area contributed by atoms with E-state index in [1.165, 1.54) is 30.9 Å². The Morgan fingerprint density at radius 3 is 2.62 bits per heavy atom. The minimum Gasteiger partial charge on any atom is -0.497 e. The number of rotatable bonds is 8. The lowest BCUT2D eigenvalue weighted by molar-refractivity contribution is -0.384. The maximum absolute atomic E-state index is 13.9. The monoisotopic (exact) mass is 572 g/mol. The second-order valence-corrected chi connectivity index (χ2v) is 9.52. The molecular formula is C30H28N4O8. The van der Waals surface area contributed by atoms with E-state index in [0.717, 1.165) is 5.56 Å². The number of carbonyl (C=O) groups is 1. The molecule has 3 heterocycles. The van der Waals surface area contributed by atoms with E-state index in [2.05, 4.69) is 9.98 Å². The van der Waals surface area contributed by atoms with Gasteiger partial charge in [0.05, 0.1) is 48.3 Å². The molecule has 42 heavy (non-hydrogen) atoms. The molecule has 0 bridgehead atoms. The summed E-state index contributed by atoms with van der Waals surface area (Å²) in [4.78, 5) is 45.8. The fourth-order valence-electron chi connectivity index (χ4n) is 4.95. The number of hydrogen-bond donors (Lipinski definition) is 1. The van der Waals surface area contributed by atoms with E-state index >= 15 is 0 Å². The summed E-state index contributed by atoms with van der Waals surface area (Å²) in [7, 11) is 2.99. The molecule has 0 saturated carbocycles. The minimum atomic E-state index is -0.991. The first-order chi connectivity index (χ1) is 20.2. The molecule has 0 amide bonds. The molecule has 0 radical (unpaired) electrons. The van der Waals surface area contributed by atoms with Crippen LogP contribution in [0.2, 0.25) is 0 Å². The molecule has 4 aromatic rings. The van der Waals surface area contributed by atoms with Gasteiger partial charge in [0.25, 0.3) is 11.2 Å². The van der Waals surface area contributed by atoms with Crippen LogP contribution < -0.4 is 26.1 Å². The van der Waals surface area contributed by atoms with Crippen LogP contribution in [0.1, 0.15) is 36.7 Å². The summed E-state index contributed by atoms with van der Waals surface area (Å²) in [6.45, 7) is 5.23. The Kier molecular flexibility index (Phi) is 7.53. The maximum atomic E-state index is 13.9. The number of aryl methyl sites for hydroxylation is 1. The van der Waals surface area contributed by atoms with E-state index in [1.807, 2.05) is 0 Å². The molecule has 5 rings (SSSR count). The van der Waals surface area contributed by atoms with Gasteiger partial charge in [0.2, 0.25) is 0 Å². The van der Waals surface area contributed by atoms with Crippen LogP contribution in [0.4, 0.5) is 5.69 Å². The third-order valence-corrected chi connectivity index (χ3v) is 6.88. The third-order valence-electron chi connectivity index (χ3n) is 6.88. The van der Waals surface area contributed by atoms with Crippen molar-refractivity contribution in [1.29, 1.82) is 0 Å². The zero-order chi connectivity index (χ0) is 30.1. The second kappa shape index (κ2) is 11.2. The number of nitrogens with one attached hydrogen (secondary N) is 1. The van der Waals surface area contributed by atoms with Crippen molar-refractivity contribution in [1.82, 2.24) is 9.55 Å². The zero-order valence-electron chi connectivity index (χ0n) is 23.6. The number of oxazole rings is 1. The van der Waals surface area contributed by atoms with Gasteiger partial charge in [-0.05, 0) is 62.7 Å². The number of H-pyrrole nitrogens is 1. The van der Waals surface area contributed by atoms with E-state index in [-0.39, 0.29) is 29.0 Å². The highest BCUT2D eigenvalue weighted by Crippen LogP contribution is 2.37. The maximum Gasteiger partial charge on any atom is 0.338 e. The molecular weight excluding hydrogens is 544 g/mol. The number of ether oxygens (including phenoxy) is 3. The summed E-state index contributed by atoms with van der Waals surface area (Å²) < 4.78 is 23.5. The van der Waals surface area contributed by atoms with Gasteiger partial charge in [0, 0.05) is 23.4 Å². The Labute approximate surface area is 239 Å². The number of hydrogen-bond acceptors (Lipinski definition) is 9. The van der Waals surface area contributed by atoms with Gasteiger partial charge >= 0.3 is 11.7 Å². The predicted molar refractivity (Wildman–Crippen MR) is 152 cm³/mol. The normalized spacial score (nSPS) is 14.8. The highest BCUT2D eigenvalue weighted by atomic mass is 16.6. The quantitative estimate of drug-likeness (QED) is 0.191. The summed E-state index contributed by atoms with van der Waals surface area (Å²) in [5.41, 5.74) is 2.38. The lowest BCUT2D eigenvalue weighted by atomic mass is 9.94. The van der Waals surface area contributed by atoms with Crippen LogP contribution in [-0.2, 0) is 9.53 Å². The lowest BCUT2D eigenvalue weighted by Gasteiger charge is -2.25. The Balaban J connectivity index is 1.68. The van der Waals surface area contributed by atoms with Crippen LogP contribution in [-0.4, -0.2) is 41.3 Å². The molecule has 2 aromatic carbocycles. The lowest BCUT2D eigenvalue weighted by Crippen LogP contribution is -2.40. The molecule has 1 unspecified atom stereocenters.